The van der Waals surface area contributed by atoms with Crippen molar-refractivity contribution >= 4 is 0 Å². The summed E-state index contributed by atoms with van der Waals surface area (Å²) in [7, 11) is 0. The molecule has 0 bridgehead atoms. The highest BCUT2D eigenvalue weighted by Crippen LogP contribution is 2.27. The van der Waals surface area contributed by atoms with Gasteiger partial charge in [-0.3, -0.25) is 0 Å². The van der Waals surface area contributed by atoms with Crippen molar-refractivity contribution in [2.75, 3.05) is 0 Å². The normalized spacial score (nSPS) is 13.5. The molecule has 0 amide bonds. The molecule has 1 N–H and O–H groups in total. The highest BCUT2D eigenvalue weighted by molar-refractivity contribution is 5.31. The smallest absolute Gasteiger partial charge is 0.137 e. The quantitative estimate of drug-likeness (QED) is 0.894. The maximum absolute atomic E-state index is 10.3. The molecule has 2 aromatic rings. The molecule has 2 nitrogen and oxygen atoms in total. The molecule has 102 valence electrons. The zero-order chi connectivity index (χ0) is 14.0. The van der Waals surface area contributed by atoms with Gasteiger partial charge in [-0.15, -0.1) is 0 Å². The lowest BCUT2D eigenvalue weighted by Gasteiger charge is -2.19. The zero-order valence-electron chi connectivity index (χ0n) is 12.1. The number of hydrogen-bond donors (Lipinski definition) is 1. The predicted octanol–water partition coefficient (Wildman–Crippen LogP) is 4.22. The summed E-state index contributed by atoms with van der Waals surface area (Å²) in [5.41, 5.74) is 2.26. The van der Waals surface area contributed by atoms with Crippen LogP contribution in [0.4, 0.5) is 0 Å². The summed E-state index contributed by atoms with van der Waals surface area (Å²) in [5.74, 6) is 1.51. The van der Waals surface area contributed by atoms with Crippen LogP contribution in [0.25, 0.3) is 0 Å². The van der Waals surface area contributed by atoms with Gasteiger partial charge >= 0.3 is 0 Å². The summed E-state index contributed by atoms with van der Waals surface area (Å²) < 4.78 is 5.60. The third-order valence-electron chi connectivity index (χ3n) is 3.39. The van der Waals surface area contributed by atoms with Gasteiger partial charge in [-0.2, -0.15) is 0 Å². The first-order chi connectivity index (χ1) is 8.91. The number of rotatable bonds is 3. The lowest BCUT2D eigenvalue weighted by Crippen LogP contribution is -2.11. The van der Waals surface area contributed by atoms with Gasteiger partial charge in [0.05, 0.1) is 0 Å². The summed E-state index contributed by atoms with van der Waals surface area (Å²) in [6.07, 6.45) is 0.157. The second kappa shape index (κ2) is 5.22. The van der Waals surface area contributed by atoms with E-state index in [0.29, 0.717) is 5.76 Å². The van der Waals surface area contributed by atoms with E-state index in [1.165, 1.54) is 5.56 Å². The molecule has 0 spiro atoms. The molecule has 0 saturated heterocycles. The molecule has 2 rings (SSSR count). The molecule has 19 heavy (non-hydrogen) atoms. The molecule has 0 aliphatic rings. The summed E-state index contributed by atoms with van der Waals surface area (Å²) in [6.45, 7) is 8.57. The van der Waals surface area contributed by atoms with Crippen LogP contribution < -0.4 is 0 Å². The average molecular weight is 258 g/mol. The number of furan rings is 1. The third-order valence-corrected chi connectivity index (χ3v) is 3.39. The molecular formula is C17H22O2. The van der Waals surface area contributed by atoms with E-state index >= 15 is 0 Å². The molecule has 1 atom stereocenters. The first kappa shape index (κ1) is 13.9. The number of aliphatic hydroxyl groups is 1. The Morgan fingerprint density at radius 1 is 1.05 bits per heavy atom. The second-order valence-corrected chi connectivity index (χ2v) is 5.93. The van der Waals surface area contributed by atoms with Gasteiger partial charge in [-0.1, -0.05) is 52.0 Å². The summed E-state index contributed by atoms with van der Waals surface area (Å²) in [5, 5.41) is 10.3. The van der Waals surface area contributed by atoms with Crippen LogP contribution in [-0.2, 0) is 11.8 Å². The fourth-order valence-electron chi connectivity index (χ4n) is 2.06. The van der Waals surface area contributed by atoms with Gasteiger partial charge in [0.2, 0.25) is 0 Å². The van der Waals surface area contributed by atoms with Gasteiger partial charge in [0.15, 0.2) is 0 Å². The molecule has 1 heterocycles. The van der Waals surface area contributed by atoms with Crippen molar-refractivity contribution in [3.63, 3.8) is 0 Å². The van der Waals surface area contributed by atoms with Crippen molar-refractivity contribution in [1.82, 2.24) is 0 Å². The van der Waals surface area contributed by atoms with E-state index in [1.807, 2.05) is 31.2 Å². The maximum Gasteiger partial charge on any atom is 0.137 e. The lowest BCUT2D eigenvalue weighted by atomic mass is 9.86. The van der Waals surface area contributed by atoms with Crippen LogP contribution in [0.1, 0.15) is 56.4 Å². The van der Waals surface area contributed by atoms with Crippen molar-refractivity contribution in [2.24, 2.45) is 0 Å². The third kappa shape index (κ3) is 3.07. The van der Waals surface area contributed by atoms with Gasteiger partial charge in [0.1, 0.15) is 17.6 Å². The first-order valence-electron chi connectivity index (χ1n) is 6.79. The van der Waals surface area contributed by atoms with Crippen molar-refractivity contribution < 1.29 is 9.52 Å². The van der Waals surface area contributed by atoms with Crippen LogP contribution >= 0.6 is 0 Å². The Kier molecular flexibility index (Phi) is 3.81. The topological polar surface area (TPSA) is 33.4 Å². The Labute approximate surface area is 115 Å². The molecule has 2 heteroatoms. The molecule has 0 radical (unpaired) electrons. The Balaban J connectivity index is 2.22. The monoisotopic (exact) mass is 258 g/mol. The van der Waals surface area contributed by atoms with Crippen LogP contribution in [0.2, 0.25) is 0 Å². The highest BCUT2D eigenvalue weighted by Gasteiger charge is 2.17. The van der Waals surface area contributed by atoms with Crippen LogP contribution in [0.5, 0.6) is 0 Å². The van der Waals surface area contributed by atoms with Gasteiger partial charge in [-0.05, 0) is 28.7 Å². The van der Waals surface area contributed by atoms with Crippen LogP contribution in [-0.4, -0.2) is 5.11 Å². The average Bonchev–Trinajstić information content (AvgIpc) is 2.86. The van der Waals surface area contributed by atoms with E-state index in [1.54, 1.807) is 0 Å². The van der Waals surface area contributed by atoms with Gasteiger partial charge < -0.3 is 9.52 Å². The SMILES string of the molecule is CCc1ccc(C(O)c2ccc(C(C)(C)C)cc2)o1. The summed E-state index contributed by atoms with van der Waals surface area (Å²) in [4.78, 5) is 0. The van der Waals surface area contributed by atoms with Crippen LogP contribution in [0.3, 0.4) is 0 Å². The fraction of sp³-hybridized carbons (Fsp3) is 0.412. The van der Waals surface area contributed by atoms with Gasteiger partial charge in [-0.25, -0.2) is 0 Å². The lowest BCUT2D eigenvalue weighted by molar-refractivity contribution is 0.187. The molecule has 1 aromatic carbocycles. The molecule has 0 aliphatic carbocycles. The van der Waals surface area contributed by atoms with E-state index in [0.717, 1.165) is 17.7 Å². The minimum atomic E-state index is -0.686. The zero-order valence-corrected chi connectivity index (χ0v) is 12.1. The Hall–Kier alpha value is -1.54. The molecule has 0 aliphatic heterocycles. The molecular weight excluding hydrogens is 236 g/mol. The summed E-state index contributed by atoms with van der Waals surface area (Å²) in [6, 6.07) is 11.9. The second-order valence-electron chi connectivity index (χ2n) is 5.93. The van der Waals surface area contributed by atoms with E-state index in [9.17, 15) is 5.11 Å². The molecule has 1 aromatic heterocycles. The predicted molar refractivity (Wildman–Crippen MR) is 77.3 cm³/mol. The largest absolute Gasteiger partial charge is 0.463 e. The summed E-state index contributed by atoms with van der Waals surface area (Å²) >= 11 is 0. The molecule has 1 unspecified atom stereocenters. The van der Waals surface area contributed by atoms with Gasteiger partial charge in [0.25, 0.3) is 0 Å². The Morgan fingerprint density at radius 2 is 1.68 bits per heavy atom. The van der Waals surface area contributed by atoms with Crippen molar-refractivity contribution in [1.29, 1.82) is 0 Å². The Bertz CT molecular complexity index is 529. The number of hydrogen-bond acceptors (Lipinski definition) is 2. The maximum atomic E-state index is 10.3. The van der Waals surface area contributed by atoms with Crippen LogP contribution in [0.15, 0.2) is 40.8 Å². The van der Waals surface area contributed by atoms with Crippen molar-refractivity contribution in [2.45, 2.75) is 45.6 Å². The molecule has 0 saturated carbocycles. The number of benzene rings is 1. The standard InChI is InChI=1S/C17H22O2/c1-5-14-10-11-15(19-14)16(18)12-6-8-13(9-7-12)17(2,3)4/h6-11,16,18H,5H2,1-4H3. The number of aliphatic hydroxyl groups excluding tert-OH is 1. The fourth-order valence-corrected chi connectivity index (χ4v) is 2.06. The van der Waals surface area contributed by atoms with Crippen LogP contribution in [0, 0.1) is 0 Å². The minimum Gasteiger partial charge on any atom is -0.463 e. The highest BCUT2D eigenvalue weighted by atomic mass is 16.4. The van der Waals surface area contributed by atoms with E-state index in [-0.39, 0.29) is 5.41 Å². The minimum absolute atomic E-state index is 0.129. The van der Waals surface area contributed by atoms with Gasteiger partial charge in [0, 0.05) is 6.42 Å². The van der Waals surface area contributed by atoms with E-state index in [2.05, 4.69) is 32.9 Å². The van der Waals surface area contributed by atoms with E-state index < -0.39 is 6.10 Å². The van der Waals surface area contributed by atoms with E-state index in [4.69, 9.17) is 4.42 Å². The van der Waals surface area contributed by atoms with Crippen molar-refractivity contribution in [3.8, 4) is 0 Å². The van der Waals surface area contributed by atoms with Crippen molar-refractivity contribution in [3.05, 3.63) is 59.0 Å². The molecule has 0 fully saturated rings. The number of aryl methyl sites for hydroxylation is 1. The Morgan fingerprint density at radius 3 is 2.16 bits per heavy atom. The first-order valence-corrected chi connectivity index (χ1v) is 6.79.